The van der Waals surface area contributed by atoms with Crippen molar-refractivity contribution >= 4 is 11.6 Å². The molecule has 2 rings (SSSR count). The van der Waals surface area contributed by atoms with Gasteiger partial charge in [-0.15, -0.1) is 0 Å². The molecule has 1 saturated heterocycles. The van der Waals surface area contributed by atoms with Crippen molar-refractivity contribution in [2.75, 3.05) is 40.3 Å². The van der Waals surface area contributed by atoms with Crippen LogP contribution in [0.25, 0.3) is 0 Å². The van der Waals surface area contributed by atoms with Crippen LogP contribution in [0.2, 0.25) is 5.02 Å². The normalized spacial score (nSPS) is 22.9. The van der Waals surface area contributed by atoms with Gasteiger partial charge in [-0.05, 0) is 38.7 Å². The molecule has 112 valence electrons. The first kappa shape index (κ1) is 15.7. The Morgan fingerprint density at radius 2 is 2.15 bits per heavy atom. The van der Waals surface area contributed by atoms with E-state index in [4.69, 9.17) is 11.6 Å². The quantitative estimate of drug-likeness (QED) is 0.921. The Balaban J connectivity index is 1.90. The fourth-order valence-corrected chi connectivity index (χ4v) is 2.72. The summed E-state index contributed by atoms with van der Waals surface area (Å²) in [6.45, 7) is 6.28. The highest BCUT2D eigenvalue weighted by atomic mass is 35.5. The summed E-state index contributed by atoms with van der Waals surface area (Å²) in [7, 11) is 4.32. The fraction of sp³-hybridized carbons (Fsp3) is 0.600. The predicted molar refractivity (Wildman–Crippen MR) is 81.7 cm³/mol. The Morgan fingerprint density at radius 1 is 1.40 bits per heavy atom. The molecular weight excluding hydrogens is 277 g/mol. The summed E-state index contributed by atoms with van der Waals surface area (Å²) < 4.78 is 13.2. The number of nitrogens with one attached hydrogen (secondary N) is 1. The van der Waals surface area contributed by atoms with Crippen molar-refractivity contribution in [1.82, 2.24) is 15.1 Å². The van der Waals surface area contributed by atoms with Gasteiger partial charge in [0.05, 0.1) is 5.02 Å². The largest absolute Gasteiger partial charge is 0.309 e. The van der Waals surface area contributed by atoms with E-state index in [-0.39, 0.29) is 16.9 Å². The first-order valence-electron chi connectivity index (χ1n) is 7.04. The maximum atomic E-state index is 13.2. The number of rotatable bonds is 4. The summed E-state index contributed by atoms with van der Waals surface area (Å²) in [5.41, 5.74) is 1.02. The Bertz CT molecular complexity index is 455. The van der Waals surface area contributed by atoms with E-state index < -0.39 is 0 Å². The summed E-state index contributed by atoms with van der Waals surface area (Å²) in [4.78, 5) is 4.74. The summed E-state index contributed by atoms with van der Waals surface area (Å²) in [6.07, 6.45) is 0. The van der Waals surface area contributed by atoms with Crippen molar-refractivity contribution in [1.29, 1.82) is 0 Å². The van der Waals surface area contributed by atoms with E-state index in [2.05, 4.69) is 36.1 Å². The number of likely N-dealkylation sites (N-methyl/N-ethyl adjacent to an activating group) is 2. The zero-order valence-corrected chi connectivity index (χ0v) is 13.1. The van der Waals surface area contributed by atoms with E-state index in [0.29, 0.717) is 6.04 Å². The van der Waals surface area contributed by atoms with E-state index in [1.165, 1.54) is 6.07 Å². The van der Waals surface area contributed by atoms with Gasteiger partial charge >= 0.3 is 0 Å². The number of hydrogen-bond acceptors (Lipinski definition) is 3. The molecule has 1 aliphatic rings. The molecule has 0 saturated carbocycles. The predicted octanol–water partition coefficient (Wildman–Crippen LogP) is 2.38. The van der Waals surface area contributed by atoms with E-state index in [1.807, 2.05) is 0 Å². The molecule has 0 aromatic heterocycles. The lowest BCUT2D eigenvalue weighted by Gasteiger charge is -2.38. The minimum atomic E-state index is -0.365. The van der Waals surface area contributed by atoms with E-state index >= 15 is 0 Å². The van der Waals surface area contributed by atoms with Crippen LogP contribution in [0.5, 0.6) is 0 Å². The van der Waals surface area contributed by atoms with Gasteiger partial charge in [-0.25, -0.2) is 4.39 Å². The third-order valence-corrected chi connectivity index (χ3v) is 4.37. The van der Waals surface area contributed by atoms with Gasteiger partial charge in [0.2, 0.25) is 0 Å². The molecule has 1 N–H and O–H groups in total. The first-order chi connectivity index (χ1) is 9.47. The van der Waals surface area contributed by atoms with Crippen molar-refractivity contribution in [3.05, 3.63) is 34.6 Å². The van der Waals surface area contributed by atoms with Gasteiger partial charge in [0, 0.05) is 38.3 Å². The van der Waals surface area contributed by atoms with Gasteiger partial charge in [0.1, 0.15) is 5.82 Å². The lowest BCUT2D eigenvalue weighted by atomic mass is 10.1. The smallest absolute Gasteiger partial charge is 0.141 e. The van der Waals surface area contributed by atoms with Gasteiger partial charge in [-0.1, -0.05) is 17.7 Å². The molecule has 0 bridgehead atoms. The second-order valence-corrected chi connectivity index (χ2v) is 6.11. The molecule has 0 radical (unpaired) electrons. The summed E-state index contributed by atoms with van der Waals surface area (Å²) >= 11 is 5.83. The molecule has 0 spiro atoms. The molecule has 20 heavy (non-hydrogen) atoms. The SMILES string of the molecule is CC(NCC1CN(C)CCN1C)c1ccc(F)c(Cl)c1. The van der Waals surface area contributed by atoms with Crippen LogP contribution in [0.3, 0.4) is 0 Å². The summed E-state index contributed by atoms with van der Waals surface area (Å²) in [6, 6.07) is 5.58. The summed E-state index contributed by atoms with van der Waals surface area (Å²) in [5, 5.41) is 3.70. The van der Waals surface area contributed by atoms with Crippen LogP contribution in [-0.2, 0) is 0 Å². The second-order valence-electron chi connectivity index (χ2n) is 5.70. The lowest BCUT2D eigenvalue weighted by molar-refractivity contribution is 0.112. The van der Waals surface area contributed by atoms with Crippen molar-refractivity contribution in [2.45, 2.75) is 19.0 Å². The molecule has 5 heteroatoms. The molecule has 3 nitrogen and oxygen atoms in total. The van der Waals surface area contributed by atoms with Crippen LogP contribution in [0, 0.1) is 5.82 Å². The van der Waals surface area contributed by atoms with Crippen LogP contribution >= 0.6 is 11.6 Å². The Kier molecular flexibility index (Phi) is 5.38. The number of hydrogen-bond donors (Lipinski definition) is 1. The van der Waals surface area contributed by atoms with Crippen molar-refractivity contribution in [3.8, 4) is 0 Å². The van der Waals surface area contributed by atoms with Crippen LogP contribution in [0.1, 0.15) is 18.5 Å². The highest BCUT2D eigenvalue weighted by molar-refractivity contribution is 6.30. The van der Waals surface area contributed by atoms with Crippen molar-refractivity contribution in [3.63, 3.8) is 0 Å². The minimum Gasteiger partial charge on any atom is -0.309 e. The van der Waals surface area contributed by atoms with Crippen LogP contribution in [0.15, 0.2) is 18.2 Å². The Morgan fingerprint density at radius 3 is 2.85 bits per heavy atom. The fourth-order valence-electron chi connectivity index (χ4n) is 2.53. The molecule has 1 heterocycles. The van der Waals surface area contributed by atoms with Gasteiger partial charge in [-0.3, -0.25) is 4.90 Å². The molecule has 2 atom stereocenters. The van der Waals surface area contributed by atoms with E-state index in [0.717, 1.165) is 31.7 Å². The van der Waals surface area contributed by atoms with Gasteiger partial charge in [-0.2, -0.15) is 0 Å². The molecule has 1 aromatic carbocycles. The van der Waals surface area contributed by atoms with Gasteiger partial charge < -0.3 is 10.2 Å². The third-order valence-electron chi connectivity index (χ3n) is 4.08. The number of nitrogens with zero attached hydrogens (tertiary/aromatic N) is 2. The maximum Gasteiger partial charge on any atom is 0.141 e. The minimum absolute atomic E-state index is 0.161. The maximum absolute atomic E-state index is 13.2. The van der Waals surface area contributed by atoms with Crippen molar-refractivity contribution < 1.29 is 4.39 Å². The number of benzene rings is 1. The molecule has 1 aliphatic heterocycles. The second kappa shape index (κ2) is 6.85. The standard InChI is InChI=1S/C15H23ClFN3/c1-11(12-4-5-15(17)14(16)8-12)18-9-13-10-19(2)6-7-20(13)3/h4-5,8,11,13,18H,6-7,9-10H2,1-3H3. The zero-order chi connectivity index (χ0) is 14.7. The monoisotopic (exact) mass is 299 g/mol. The topological polar surface area (TPSA) is 18.5 Å². The van der Waals surface area contributed by atoms with Gasteiger partial charge in [0.15, 0.2) is 0 Å². The average Bonchev–Trinajstić information content (AvgIpc) is 2.42. The molecule has 0 aliphatic carbocycles. The first-order valence-corrected chi connectivity index (χ1v) is 7.42. The van der Waals surface area contributed by atoms with Crippen molar-refractivity contribution in [2.24, 2.45) is 0 Å². The molecule has 1 fully saturated rings. The Hall–Kier alpha value is -0.680. The highest BCUT2D eigenvalue weighted by Crippen LogP contribution is 2.20. The Labute approximate surface area is 125 Å². The molecule has 2 unspecified atom stereocenters. The number of piperazine rings is 1. The molecule has 1 aromatic rings. The van der Waals surface area contributed by atoms with Crippen LogP contribution in [-0.4, -0.2) is 56.1 Å². The lowest BCUT2D eigenvalue weighted by Crippen LogP contribution is -2.53. The van der Waals surface area contributed by atoms with E-state index in [1.54, 1.807) is 12.1 Å². The van der Waals surface area contributed by atoms with E-state index in [9.17, 15) is 4.39 Å². The molecular formula is C15H23ClFN3. The average molecular weight is 300 g/mol. The molecule has 0 amide bonds. The van der Waals surface area contributed by atoms with Crippen LogP contribution in [0.4, 0.5) is 4.39 Å². The number of halogens is 2. The van der Waals surface area contributed by atoms with Gasteiger partial charge in [0.25, 0.3) is 0 Å². The third kappa shape index (κ3) is 3.92. The highest BCUT2D eigenvalue weighted by Gasteiger charge is 2.22. The zero-order valence-electron chi connectivity index (χ0n) is 12.4. The summed E-state index contributed by atoms with van der Waals surface area (Å²) in [5.74, 6) is -0.365. The van der Waals surface area contributed by atoms with Crippen LogP contribution < -0.4 is 5.32 Å².